The lowest BCUT2D eigenvalue weighted by Gasteiger charge is -2.42. The molecule has 0 saturated heterocycles. The van der Waals surface area contributed by atoms with E-state index in [0.29, 0.717) is 0 Å². The topological polar surface area (TPSA) is 101 Å². The van der Waals surface area contributed by atoms with Crippen LogP contribution >= 0.6 is 7.82 Å². The molecule has 0 bridgehead atoms. The molecule has 0 aromatic carbocycles. The molecule has 0 aromatic rings. The van der Waals surface area contributed by atoms with Gasteiger partial charge >= 0.3 is 13.8 Å². The van der Waals surface area contributed by atoms with Crippen LogP contribution in [0.25, 0.3) is 0 Å². The van der Waals surface area contributed by atoms with Crippen LogP contribution in [-0.2, 0) is 32.1 Å². The number of aliphatic hydroxyl groups is 1. The summed E-state index contributed by atoms with van der Waals surface area (Å²) in [6, 6.07) is 0. The number of ether oxygens (including phenoxy) is 1. The zero-order valence-corrected chi connectivity index (χ0v) is 18.7. The molecule has 26 heavy (non-hydrogen) atoms. The fourth-order valence-electron chi connectivity index (χ4n) is 2.29. The van der Waals surface area contributed by atoms with Crippen molar-refractivity contribution in [3.8, 4) is 0 Å². The zero-order chi connectivity index (χ0) is 20.4. The van der Waals surface area contributed by atoms with Gasteiger partial charge in [0.2, 0.25) is 0 Å². The summed E-state index contributed by atoms with van der Waals surface area (Å²) >= 11 is 0. The fraction of sp³-hybridized carbons (Fsp3) is 0.812. The van der Waals surface area contributed by atoms with Crippen LogP contribution in [-0.4, -0.2) is 58.5 Å². The number of hydrogen-bond donors (Lipinski definition) is 1. The highest BCUT2D eigenvalue weighted by molar-refractivity contribution is 7.48. The largest absolute Gasteiger partial charge is 0.475 e. The lowest BCUT2D eigenvalue weighted by molar-refractivity contribution is -0.160. The molecule has 1 rings (SSSR count). The lowest BCUT2D eigenvalue weighted by atomic mass is 9.88. The second kappa shape index (κ2) is 8.22. The van der Waals surface area contributed by atoms with E-state index in [0.717, 1.165) is 14.2 Å². The van der Waals surface area contributed by atoms with Gasteiger partial charge in [-0.15, -0.1) is 0 Å². The van der Waals surface area contributed by atoms with Crippen molar-refractivity contribution in [2.24, 2.45) is 0 Å². The van der Waals surface area contributed by atoms with Gasteiger partial charge < -0.3 is 14.3 Å². The molecular formula is C16H31O8PSi. The van der Waals surface area contributed by atoms with Gasteiger partial charge in [-0.3, -0.25) is 13.6 Å². The Kier molecular flexibility index (Phi) is 7.43. The van der Waals surface area contributed by atoms with Gasteiger partial charge in [0.05, 0.1) is 19.3 Å². The highest BCUT2D eigenvalue weighted by Crippen LogP contribution is 2.53. The van der Waals surface area contributed by atoms with Crippen molar-refractivity contribution in [2.45, 2.75) is 63.1 Å². The molecular weight excluding hydrogens is 379 g/mol. The van der Waals surface area contributed by atoms with Gasteiger partial charge in [0.15, 0.2) is 13.9 Å². The molecule has 10 heteroatoms. The first-order chi connectivity index (χ1) is 11.8. The van der Waals surface area contributed by atoms with Crippen molar-refractivity contribution in [1.29, 1.82) is 0 Å². The van der Waals surface area contributed by atoms with E-state index in [-0.39, 0.29) is 11.5 Å². The Morgan fingerprint density at radius 3 is 2.15 bits per heavy atom. The van der Waals surface area contributed by atoms with Crippen LogP contribution in [0.4, 0.5) is 0 Å². The van der Waals surface area contributed by atoms with Crippen LogP contribution in [0.3, 0.4) is 0 Å². The Hall–Kier alpha value is -0.543. The first-order valence-electron chi connectivity index (χ1n) is 8.32. The van der Waals surface area contributed by atoms with Crippen LogP contribution in [0.2, 0.25) is 18.1 Å². The van der Waals surface area contributed by atoms with Gasteiger partial charge in [-0.1, -0.05) is 26.8 Å². The first kappa shape index (κ1) is 23.5. The van der Waals surface area contributed by atoms with E-state index in [2.05, 4.69) is 33.9 Å². The smallest absolute Gasteiger partial charge is 0.467 e. The molecule has 152 valence electrons. The number of hydrogen-bond acceptors (Lipinski definition) is 8. The SMILES string of the molecule is COC(=O)C1(OP(=O)(OC)OC)C=CC(O[Si](C)(C)C(C)(C)C)C(O)C1. The molecule has 0 heterocycles. The summed E-state index contributed by atoms with van der Waals surface area (Å²) < 4.78 is 38.3. The minimum absolute atomic E-state index is 0.0459. The normalized spacial score (nSPS) is 27.4. The Morgan fingerprint density at radius 2 is 1.77 bits per heavy atom. The van der Waals surface area contributed by atoms with Crippen molar-refractivity contribution in [1.82, 2.24) is 0 Å². The van der Waals surface area contributed by atoms with E-state index in [4.69, 9.17) is 22.7 Å². The number of aliphatic hydroxyl groups excluding tert-OH is 1. The number of methoxy groups -OCH3 is 1. The van der Waals surface area contributed by atoms with Crippen molar-refractivity contribution in [2.75, 3.05) is 21.3 Å². The maximum Gasteiger partial charge on any atom is 0.475 e. The van der Waals surface area contributed by atoms with Crippen LogP contribution in [0, 0.1) is 0 Å². The molecule has 0 aromatic heterocycles. The second-order valence-electron chi connectivity index (χ2n) is 7.76. The van der Waals surface area contributed by atoms with Gasteiger partial charge in [0.25, 0.3) is 0 Å². The molecule has 3 unspecified atom stereocenters. The summed E-state index contributed by atoms with van der Waals surface area (Å²) in [6.45, 7) is 10.4. The highest BCUT2D eigenvalue weighted by Gasteiger charge is 2.51. The van der Waals surface area contributed by atoms with Crippen LogP contribution in [0.15, 0.2) is 12.2 Å². The molecule has 0 amide bonds. The zero-order valence-electron chi connectivity index (χ0n) is 16.8. The van der Waals surface area contributed by atoms with E-state index in [1.54, 1.807) is 6.08 Å². The minimum Gasteiger partial charge on any atom is -0.467 e. The van der Waals surface area contributed by atoms with E-state index < -0.39 is 39.9 Å². The maximum atomic E-state index is 12.4. The van der Waals surface area contributed by atoms with Gasteiger partial charge in [0, 0.05) is 20.6 Å². The van der Waals surface area contributed by atoms with Crippen LogP contribution < -0.4 is 0 Å². The maximum absolute atomic E-state index is 12.4. The number of phosphoric acid groups is 1. The van der Waals surface area contributed by atoms with Gasteiger partial charge in [-0.05, 0) is 24.2 Å². The quantitative estimate of drug-likeness (QED) is 0.296. The van der Waals surface area contributed by atoms with Gasteiger partial charge in [-0.25, -0.2) is 9.36 Å². The molecule has 0 aliphatic heterocycles. The second-order valence-corrected chi connectivity index (χ2v) is 14.3. The molecule has 0 spiro atoms. The van der Waals surface area contributed by atoms with Gasteiger partial charge in [-0.2, -0.15) is 0 Å². The summed E-state index contributed by atoms with van der Waals surface area (Å²) in [6.07, 6.45) is 1.07. The molecule has 1 aliphatic rings. The first-order valence-corrected chi connectivity index (χ1v) is 12.7. The third-order valence-electron chi connectivity index (χ3n) is 4.94. The number of carbonyl (C=O) groups is 1. The molecule has 0 saturated carbocycles. The molecule has 8 nitrogen and oxygen atoms in total. The Labute approximate surface area is 156 Å². The number of carbonyl (C=O) groups excluding carboxylic acids is 1. The predicted molar refractivity (Wildman–Crippen MR) is 99.3 cm³/mol. The van der Waals surface area contributed by atoms with E-state index >= 15 is 0 Å². The summed E-state index contributed by atoms with van der Waals surface area (Å²) in [5, 5.41) is 10.6. The molecule has 1 aliphatic carbocycles. The lowest BCUT2D eigenvalue weighted by Crippen LogP contribution is -2.52. The minimum atomic E-state index is -3.99. The standard InChI is InChI=1S/C16H31O8PSi/c1-15(2,3)26(7,8)23-13-9-10-16(11-12(13)17,14(18)20-4)24-25(19,21-5)22-6/h9-10,12-13,17H,11H2,1-8H3. The van der Waals surface area contributed by atoms with E-state index in [9.17, 15) is 14.5 Å². The summed E-state index contributed by atoms with van der Waals surface area (Å²) in [5.74, 6) is -0.812. The Balaban J connectivity index is 3.17. The third-order valence-corrected chi connectivity index (χ3v) is 10.9. The molecule has 0 fully saturated rings. The van der Waals surface area contributed by atoms with Crippen LogP contribution in [0.1, 0.15) is 27.2 Å². The number of rotatable bonds is 7. The summed E-state index contributed by atoms with van der Waals surface area (Å²) in [5.41, 5.74) is -1.79. The van der Waals surface area contributed by atoms with Crippen molar-refractivity contribution < 1.29 is 37.2 Å². The summed E-state index contributed by atoms with van der Waals surface area (Å²) in [4.78, 5) is 12.3. The average molecular weight is 410 g/mol. The highest BCUT2D eigenvalue weighted by atomic mass is 31.2. The molecule has 1 N–H and O–H groups in total. The summed E-state index contributed by atoms with van der Waals surface area (Å²) in [7, 11) is -2.68. The van der Waals surface area contributed by atoms with Crippen molar-refractivity contribution in [3.05, 3.63) is 12.2 Å². The van der Waals surface area contributed by atoms with Crippen molar-refractivity contribution in [3.63, 3.8) is 0 Å². The Bertz CT molecular complexity index is 577. The fourth-order valence-corrected chi connectivity index (χ4v) is 4.46. The third kappa shape index (κ3) is 5.04. The number of phosphoric ester groups is 1. The monoisotopic (exact) mass is 410 g/mol. The van der Waals surface area contributed by atoms with E-state index in [1.807, 2.05) is 0 Å². The van der Waals surface area contributed by atoms with Gasteiger partial charge in [0.1, 0.15) is 0 Å². The van der Waals surface area contributed by atoms with Crippen LogP contribution in [0.5, 0.6) is 0 Å². The Morgan fingerprint density at radius 1 is 1.23 bits per heavy atom. The predicted octanol–water partition coefficient (Wildman–Crippen LogP) is 3.03. The molecule has 3 atom stereocenters. The average Bonchev–Trinajstić information content (AvgIpc) is 2.55. The van der Waals surface area contributed by atoms with Crippen molar-refractivity contribution >= 4 is 22.1 Å². The molecule has 0 radical (unpaired) electrons. The number of esters is 1. The van der Waals surface area contributed by atoms with E-state index in [1.165, 1.54) is 13.2 Å².